The van der Waals surface area contributed by atoms with E-state index < -0.39 is 11.6 Å². The molecule has 2 aromatic rings. The second-order valence-corrected chi connectivity index (χ2v) is 3.47. The van der Waals surface area contributed by atoms with Crippen molar-refractivity contribution in [1.29, 1.82) is 0 Å². The minimum atomic E-state index is -0.543. The van der Waals surface area contributed by atoms with Crippen molar-refractivity contribution in [3.05, 3.63) is 41.5 Å². The molecule has 1 heterocycles. The second-order valence-electron chi connectivity index (χ2n) is 3.47. The summed E-state index contributed by atoms with van der Waals surface area (Å²) in [6, 6.07) is 5.14. The van der Waals surface area contributed by atoms with Crippen molar-refractivity contribution in [2.24, 2.45) is 0 Å². The fraction of sp³-hybridized carbons (Fsp3) is 0.167. The van der Waals surface area contributed by atoms with E-state index in [1.165, 1.54) is 32.4 Å². The highest BCUT2D eigenvalue weighted by atomic mass is 19.1. The molecule has 0 aliphatic rings. The second kappa shape index (κ2) is 5.38. The molecule has 0 amide bonds. The first-order valence-electron chi connectivity index (χ1n) is 5.28. The van der Waals surface area contributed by atoms with Crippen LogP contribution in [0.5, 0.6) is 12.0 Å². The van der Waals surface area contributed by atoms with Crippen molar-refractivity contribution in [1.82, 2.24) is 15.0 Å². The van der Waals surface area contributed by atoms with Gasteiger partial charge in [0, 0.05) is 5.56 Å². The van der Waals surface area contributed by atoms with Crippen LogP contribution in [-0.4, -0.2) is 35.0 Å². The molecule has 0 saturated heterocycles. The fourth-order valence-corrected chi connectivity index (χ4v) is 1.38. The molecule has 0 saturated carbocycles. The van der Waals surface area contributed by atoms with E-state index in [0.717, 1.165) is 6.07 Å². The molecular formula is C12H10FN3O3. The predicted molar refractivity (Wildman–Crippen MR) is 62.8 cm³/mol. The van der Waals surface area contributed by atoms with Gasteiger partial charge in [-0.3, -0.25) is 4.79 Å². The largest absolute Gasteiger partial charge is 0.467 e. The molecule has 0 bridgehead atoms. The molecule has 0 N–H and O–H groups in total. The normalized spacial score (nSPS) is 10.1. The Morgan fingerprint density at radius 2 is 1.74 bits per heavy atom. The van der Waals surface area contributed by atoms with Gasteiger partial charge in [0.05, 0.1) is 14.2 Å². The first-order chi connectivity index (χ1) is 9.13. The molecule has 0 radical (unpaired) electrons. The number of hydrogen-bond donors (Lipinski definition) is 0. The quantitative estimate of drug-likeness (QED) is 0.773. The lowest BCUT2D eigenvalue weighted by molar-refractivity contribution is 0.102. The summed E-state index contributed by atoms with van der Waals surface area (Å²) in [5.41, 5.74) is 0.135. The third-order valence-corrected chi connectivity index (χ3v) is 2.25. The van der Waals surface area contributed by atoms with E-state index in [9.17, 15) is 9.18 Å². The summed E-state index contributed by atoms with van der Waals surface area (Å²) < 4.78 is 22.8. The molecule has 98 valence electrons. The zero-order chi connectivity index (χ0) is 13.8. The molecule has 1 aromatic carbocycles. The van der Waals surface area contributed by atoms with Crippen molar-refractivity contribution in [2.45, 2.75) is 0 Å². The number of hydrogen-bond acceptors (Lipinski definition) is 6. The Balaban J connectivity index is 2.43. The number of carbonyl (C=O) groups is 1. The van der Waals surface area contributed by atoms with Gasteiger partial charge in [0.15, 0.2) is 0 Å². The summed E-state index contributed by atoms with van der Waals surface area (Å²) in [5, 5.41) is 0. The summed E-state index contributed by atoms with van der Waals surface area (Å²) in [7, 11) is 2.70. The van der Waals surface area contributed by atoms with Crippen LogP contribution < -0.4 is 9.47 Å². The number of ketones is 1. The Morgan fingerprint density at radius 1 is 1.11 bits per heavy atom. The zero-order valence-electron chi connectivity index (χ0n) is 10.3. The molecule has 19 heavy (non-hydrogen) atoms. The lowest BCUT2D eigenvalue weighted by Crippen LogP contribution is -2.10. The highest BCUT2D eigenvalue weighted by molar-refractivity contribution is 6.06. The van der Waals surface area contributed by atoms with Crippen molar-refractivity contribution < 1.29 is 18.7 Å². The van der Waals surface area contributed by atoms with Crippen molar-refractivity contribution in [2.75, 3.05) is 14.2 Å². The molecule has 0 aliphatic heterocycles. The standard InChI is InChI=1S/C12H10FN3O3/c1-18-11-14-10(15-12(16-11)19-2)9(17)7-4-3-5-8(13)6-7/h3-6H,1-2H3. The first-order valence-corrected chi connectivity index (χ1v) is 5.28. The predicted octanol–water partition coefficient (Wildman–Crippen LogP) is 1.26. The maximum absolute atomic E-state index is 13.1. The maximum atomic E-state index is 13.1. The minimum Gasteiger partial charge on any atom is -0.467 e. The third-order valence-electron chi connectivity index (χ3n) is 2.25. The SMILES string of the molecule is COc1nc(OC)nc(C(=O)c2cccc(F)c2)n1. The highest BCUT2D eigenvalue weighted by Gasteiger charge is 2.17. The first kappa shape index (κ1) is 12.9. The van der Waals surface area contributed by atoms with Gasteiger partial charge in [0.1, 0.15) is 5.82 Å². The van der Waals surface area contributed by atoms with Crippen LogP contribution in [0.2, 0.25) is 0 Å². The highest BCUT2D eigenvalue weighted by Crippen LogP contribution is 2.13. The van der Waals surface area contributed by atoms with Gasteiger partial charge in [0.2, 0.25) is 11.6 Å². The van der Waals surface area contributed by atoms with E-state index in [1.54, 1.807) is 0 Å². The van der Waals surface area contributed by atoms with Gasteiger partial charge in [-0.05, 0) is 12.1 Å². The number of methoxy groups -OCH3 is 2. The van der Waals surface area contributed by atoms with Gasteiger partial charge in [-0.2, -0.15) is 9.97 Å². The van der Waals surface area contributed by atoms with E-state index in [0.29, 0.717) is 0 Å². The number of aromatic nitrogens is 3. The van der Waals surface area contributed by atoms with Crippen LogP contribution in [0.1, 0.15) is 16.2 Å². The lowest BCUT2D eigenvalue weighted by atomic mass is 10.1. The van der Waals surface area contributed by atoms with Crippen LogP contribution in [0.3, 0.4) is 0 Å². The van der Waals surface area contributed by atoms with Gasteiger partial charge in [-0.1, -0.05) is 12.1 Å². The summed E-state index contributed by atoms with van der Waals surface area (Å²) in [4.78, 5) is 23.5. The van der Waals surface area contributed by atoms with Crippen LogP contribution in [-0.2, 0) is 0 Å². The molecule has 1 aromatic heterocycles. The Morgan fingerprint density at radius 3 is 2.26 bits per heavy atom. The molecule has 0 unspecified atom stereocenters. The van der Waals surface area contributed by atoms with E-state index in [-0.39, 0.29) is 23.4 Å². The number of carbonyl (C=O) groups excluding carboxylic acids is 1. The Hall–Kier alpha value is -2.57. The molecule has 6 nitrogen and oxygen atoms in total. The number of ether oxygens (including phenoxy) is 2. The van der Waals surface area contributed by atoms with Gasteiger partial charge in [-0.25, -0.2) is 4.39 Å². The maximum Gasteiger partial charge on any atom is 0.323 e. The van der Waals surface area contributed by atoms with E-state index in [1.807, 2.05) is 0 Å². The molecule has 0 fully saturated rings. The van der Waals surface area contributed by atoms with Gasteiger partial charge >= 0.3 is 12.0 Å². The smallest absolute Gasteiger partial charge is 0.323 e. The van der Waals surface area contributed by atoms with Crippen LogP contribution in [0.4, 0.5) is 4.39 Å². The van der Waals surface area contributed by atoms with Crippen LogP contribution >= 0.6 is 0 Å². The Labute approximate surface area is 108 Å². The van der Waals surface area contributed by atoms with Gasteiger partial charge in [0.25, 0.3) is 0 Å². The molecule has 0 spiro atoms. The number of benzene rings is 1. The average Bonchev–Trinajstić information content (AvgIpc) is 2.45. The molecular weight excluding hydrogens is 253 g/mol. The number of nitrogens with zero attached hydrogens (tertiary/aromatic N) is 3. The van der Waals surface area contributed by atoms with Crippen molar-refractivity contribution >= 4 is 5.78 Å². The molecule has 0 atom stereocenters. The number of rotatable bonds is 4. The van der Waals surface area contributed by atoms with E-state index in [2.05, 4.69) is 15.0 Å². The van der Waals surface area contributed by atoms with E-state index in [4.69, 9.17) is 9.47 Å². The number of halogens is 1. The summed E-state index contributed by atoms with van der Waals surface area (Å²) in [6.07, 6.45) is 0. The van der Waals surface area contributed by atoms with Crippen LogP contribution in [0, 0.1) is 5.82 Å². The summed E-state index contributed by atoms with van der Waals surface area (Å²) in [6.45, 7) is 0. The Bertz CT molecular complexity index is 597. The Kier molecular flexibility index (Phi) is 3.65. The lowest BCUT2D eigenvalue weighted by Gasteiger charge is -2.04. The van der Waals surface area contributed by atoms with Crippen molar-refractivity contribution in [3.63, 3.8) is 0 Å². The summed E-state index contributed by atoms with van der Waals surface area (Å²) >= 11 is 0. The monoisotopic (exact) mass is 263 g/mol. The van der Waals surface area contributed by atoms with Gasteiger partial charge in [-0.15, -0.1) is 4.98 Å². The zero-order valence-corrected chi connectivity index (χ0v) is 10.3. The van der Waals surface area contributed by atoms with Crippen LogP contribution in [0.25, 0.3) is 0 Å². The van der Waals surface area contributed by atoms with Crippen LogP contribution in [0.15, 0.2) is 24.3 Å². The summed E-state index contributed by atoms with van der Waals surface area (Å²) in [5.74, 6) is -1.23. The average molecular weight is 263 g/mol. The van der Waals surface area contributed by atoms with Gasteiger partial charge < -0.3 is 9.47 Å². The molecule has 7 heteroatoms. The molecule has 2 rings (SSSR count). The third kappa shape index (κ3) is 2.82. The van der Waals surface area contributed by atoms with Crippen molar-refractivity contribution in [3.8, 4) is 12.0 Å². The minimum absolute atomic E-state index is 0.0494. The van der Waals surface area contributed by atoms with E-state index >= 15 is 0 Å². The molecule has 0 aliphatic carbocycles. The topological polar surface area (TPSA) is 74.2 Å². The fourth-order valence-electron chi connectivity index (χ4n) is 1.38.